The van der Waals surface area contributed by atoms with Crippen molar-refractivity contribution >= 4 is 17.8 Å². The Bertz CT molecular complexity index is 854. The van der Waals surface area contributed by atoms with E-state index >= 15 is 0 Å². The number of carbonyl (C=O) groups is 3. The van der Waals surface area contributed by atoms with E-state index < -0.39 is 11.9 Å². The molecular weight excluding hydrogens is 368 g/mol. The molecule has 0 spiro atoms. The van der Waals surface area contributed by atoms with Gasteiger partial charge in [0.2, 0.25) is 11.8 Å². The molecule has 6 nitrogen and oxygen atoms in total. The summed E-state index contributed by atoms with van der Waals surface area (Å²) in [5, 5.41) is 9.62. The van der Waals surface area contributed by atoms with Gasteiger partial charge in [-0.05, 0) is 17.5 Å². The average Bonchev–Trinajstić information content (AvgIpc) is 3.18. The second kappa shape index (κ2) is 9.37. The average molecular weight is 394 g/mol. The van der Waals surface area contributed by atoms with Crippen LogP contribution >= 0.6 is 0 Å². The van der Waals surface area contributed by atoms with Gasteiger partial charge in [0.25, 0.3) is 0 Å². The Labute approximate surface area is 170 Å². The molecule has 0 unspecified atom stereocenters. The van der Waals surface area contributed by atoms with Crippen LogP contribution in [0.2, 0.25) is 0 Å². The number of hydrogen-bond acceptors (Lipinski definition) is 3. The quantitative estimate of drug-likeness (QED) is 0.782. The fourth-order valence-corrected chi connectivity index (χ4v) is 3.82. The molecule has 1 aliphatic rings. The number of carbonyl (C=O) groups excluding carboxylic acids is 2. The van der Waals surface area contributed by atoms with Crippen LogP contribution in [-0.4, -0.2) is 58.9 Å². The van der Waals surface area contributed by atoms with E-state index in [2.05, 4.69) is 0 Å². The lowest BCUT2D eigenvalue weighted by atomic mass is 9.89. The monoisotopic (exact) mass is 394 g/mol. The molecule has 1 saturated heterocycles. The highest BCUT2D eigenvalue weighted by Crippen LogP contribution is 2.33. The van der Waals surface area contributed by atoms with Gasteiger partial charge in [-0.2, -0.15) is 0 Å². The zero-order chi connectivity index (χ0) is 20.8. The molecule has 1 heterocycles. The fourth-order valence-electron chi connectivity index (χ4n) is 3.82. The first-order valence-electron chi connectivity index (χ1n) is 9.80. The minimum Gasteiger partial charge on any atom is -0.481 e. The zero-order valence-electron chi connectivity index (χ0n) is 16.5. The third-order valence-electron chi connectivity index (χ3n) is 5.50. The van der Waals surface area contributed by atoms with Crippen LogP contribution in [0, 0.1) is 5.92 Å². The molecule has 1 fully saturated rings. The van der Waals surface area contributed by atoms with E-state index in [9.17, 15) is 19.5 Å². The number of benzene rings is 2. The van der Waals surface area contributed by atoms with Gasteiger partial charge < -0.3 is 14.9 Å². The molecule has 1 aliphatic heterocycles. The molecule has 0 aromatic heterocycles. The van der Waals surface area contributed by atoms with E-state index in [4.69, 9.17) is 0 Å². The lowest BCUT2D eigenvalue weighted by molar-refractivity contribution is -0.142. The van der Waals surface area contributed by atoms with E-state index in [1.54, 1.807) is 4.90 Å². The van der Waals surface area contributed by atoms with Crippen molar-refractivity contribution in [1.29, 1.82) is 0 Å². The minimum absolute atomic E-state index is 0.0317. The van der Waals surface area contributed by atoms with E-state index in [0.717, 1.165) is 11.1 Å². The van der Waals surface area contributed by atoms with Gasteiger partial charge in [-0.3, -0.25) is 14.4 Å². The number of amides is 2. The first-order chi connectivity index (χ1) is 14.0. The van der Waals surface area contributed by atoms with Crippen molar-refractivity contribution in [2.45, 2.75) is 19.3 Å². The zero-order valence-corrected chi connectivity index (χ0v) is 16.5. The Balaban J connectivity index is 1.65. The number of aliphatic carboxylic acids is 1. The second-order valence-electron chi connectivity index (χ2n) is 7.44. The van der Waals surface area contributed by atoms with Crippen molar-refractivity contribution in [1.82, 2.24) is 9.80 Å². The van der Waals surface area contributed by atoms with Crippen LogP contribution in [0.15, 0.2) is 60.7 Å². The molecule has 2 aromatic rings. The lowest BCUT2D eigenvalue weighted by Crippen LogP contribution is -2.42. The summed E-state index contributed by atoms with van der Waals surface area (Å²) in [6.07, 6.45) is 0.665. The molecule has 1 N–H and O–H groups in total. The third-order valence-corrected chi connectivity index (χ3v) is 5.50. The number of likely N-dealkylation sites (tertiary alicyclic amines) is 1. The van der Waals surface area contributed by atoms with Crippen molar-refractivity contribution in [2.75, 3.05) is 26.2 Å². The molecule has 0 radical (unpaired) electrons. The van der Waals surface area contributed by atoms with Gasteiger partial charge >= 0.3 is 5.97 Å². The van der Waals surface area contributed by atoms with Crippen LogP contribution < -0.4 is 0 Å². The Morgan fingerprint density at radius 3 is 2.21 bits per heavy atom. The number of nitrogens with zero attached hydrogens (tertiary/aromatic N) is 2. The van der Waals surface area contributed by atoms with Gasteiger partial charge in [-0.1, -0.05) is 60.7 Å². The van der Waals surface area contributed by atoms with E-state index in [1.807, 2.05) is 60.7 Å². The highest BCUT2D eigenvalue weighted by atomic mass is 16.4. The van der Waals surface area contributed by atoms with E-state index in [-0.39, 0.29) is 30.8 Å². The van der Waals surface area contributed by atoms with Crippen LogP contribution in [0.1, 0.15) is 24.0 Å². The molecule has 2 atom stereocenters. The highest BCUT2D eigenvalue weighted by molar-refractivity contribution is 5.85. The summed E-state index contributed by atoms with van der Waals surface area (Å²) in [5.74, 6) is -2.16. The summed E-state index contributed by atoms with van der Waals surface area (Å²) in [5.41, 5.74) is 2.02. The summed E-state index contributed by atoms with van der Waals surface area (Å²) >= 11 is 0. The van der Waals surface area contributed by atoms with Gasteiger partial charge in [0.15, 0.2) is 0 Å². The van der Waals surface area contributed by atoms with Crippen LogP contribution in [0.3, 0.4) is 0 Å². The van der Waals surface area contributed by atoms with Gasteiger partial charge in [-0.25, -0.2) is 0 Å². The minimum atomic E-state index is -0.901. The maximum atomic E-state index is 12.9. The summed E-state index contributed by atoms with van der Waals surface area (Å²) in [6, 6.07) is 19.2. The van der Waals surface area contributed by atoms with Crippen molar-refractivity contribution in [3.8, 4) is 0 Å². The fraction of sp³-hybridized carbons (Fsp3) is 0.348. The maximum absolute atomic E-state index is 12.9. The van der Waals surface area contributed by atoms with Crippen molar-refractivity contribution in [2.24, 2.45) is 5.92 Å². The van der Waals surface area contributed by atoms with E-state index in [0.29, 0.717) is 19.5 Å². The summed E-state index contributed by atoms with van der Waals surface area (Å²) < 4.78 is 0. The highest BCUT2D eigenvalue weighted by Gasteiger charge is 2.40. The molecule has 6 heteroatoms. The standard InChI is InChI=1S/C23H26N2O4/c1-17(26)24(13-12-18-8-4-2-5-9-18)16-22(27)25-14-20(21(15-25)23(28)29)19-10-6-3-7-11-19/h2-11,20-21H,12-16H2,1H3,(H,28,29)/t20-,21+/m1/s1. The number of carboxylic acids is 1. The van der Waals surface area contributed by atoms with Gasteiger partial charge in [0.1, 0.15) is 0 Å². The topological polar surface area (TPSA) is 77.9 Å². The van der Waals surface area contributed by atoms with Gasteiger partial charge in [-0.15, -0.1) is 0 Å². The normalized spacial score (nSPS) is 18.4. The molecule has 3 rings (SSSR count). The summed E-state index contributed by atoms with van der Waals surface area (Å²) in [7, 11) is 0. The summed E-state index contributed by atoms with van der Waals surface area (Å²) in [4.78, 5) is 39.7. The molecule has 152 valence electrons. The van der Waals surface area contributed by atoms with Crippen molar-refractivity contribution in [3.05, 3.63) is 71.8 Å². The number of carboxylic acid groups (broad SMARTS) is 1. The Kier molecular flexibility index (Phi) is 6.65. The van der Waals surface area contributed by atoms with Crippen molar-refractivity contribution in [3.63, 3.8) is 0 Å². The Hall–Kier alpha value is -3.15. The predicted molar refractivity (Wildman–Crippen MR) is 109 cm³/mol. The van der Waals surface area contributed by atoms with Crippen LogP contribution in [0.25, 0.3) is 0 Å². The van der Waals surface area contributed by atoms with E-state index in [1.165, 1.54) is 11.8 Å². The van der Waals surface area contributed by atoms with Crippen LogP contribution in [-0.2, 0) is 20.8 Å². The molecule has 0 bridgehead atoms. The second-order valence-corrected chi connectivity index (χ2v) is 7.44. The molecule has 2 aromatic carbocycles. The smallest absolute Gasteiger partial charge is 0.308 e. The lowest BCUT2D eigenvalue weighted by Gasteiger charge is -2.24. The van der Waals surface area contributed by atoms with Crippen LogP contribution in [0.5, 0.6) is 0 Å². The number of hydrogen-bond donors (Lipinski definition) is 1. The molecule has 2 amide bonds. The Morgan fingerprint density at radius 1 is 1.00 bits per heavy atom. The first-order valence-corrected chi connectivity index (χ1v) is 9.80. The predicted octanol–water partition coefficient (Wildman–Crippen LogP) is 2.40. The number of rotatable bonds is 7. The molecule has 0 aliphatic carbocycles. The largest absolute Gasteiger partial charge is 0.481 e. The van der Waals surface area contributed by atoms with Gasteiger partial charge in [0, 0.05) is 32.5 Å². The van der Waals surface area contributed by atoms with Crippen molar-refractivity contribution < 1.29 is 19.5 Å². The SMILES string of the molecule is CC(=O)N(CCc1ccccc1)CC(=O)N1C[C@H](C(=O)O)[C@@H](c2ccccc2)C1. The third kappa shape index (κ3) is 5.22. The van der Waals surface area contributed by atoms with Gasteiger partial charge in [0.05, 0.1) is 12.5 Å². The first kappa shape index (κ1) is 20.6. The van der Waals surface area contributed by atoms with Crippen LogP contribution in [0.4, 0.5) is 0 Å². The molecule has 29 heavy (non-hydrogen) atoms. The molecular formula is C23H26N2O4. The molecule has 0 saturated carbocycles. The maximum Gasteiger partial charge on any atom is 0.308 e. The summed E-state index contributed by atoms with van der Waals surface area (Å²) in [6.45, 7) is 2.39. The Morgan fingerprint density at radius 2 is 1.62 bits per heavy atom.